The number of carbonyl (C=O) groups is 1. The fourth-order valence-electron chi connectivity index (χ4n) is 3.35. The van der Waals surface area contributed by atoms with Crippen LogP contribution in [0.5, 0.6) is 0 Å². The van der Waals surface area contributed by atoms with Gasteiger partial charge >= 0.3 is 5.69 Å². The fraction of sp³-hybridized carbons (Fsp3) is 0.667. The Kier molecular flexibility index (Phi) is 4.83. The topological polar surface area (TPSA) is 117 Å². The lowest BCUT2D eigenvalue weighted by Gasteiger charge is -2.34. The lowest BCUT2D eigenvalue weighted by Crippen LogP contribution is -2.46. The number of fused-ring (bicyclic) bond motifs is 1. The highest BCUT2D eigenvalue weighted by Crippen LogP contribution is 2.24. The number of aryl methyl sites for hydroxylation is 1. The van der Waals surface area contributed by atoms with E-state index in [1.165, 1.54) is 17.8 Å². The van der Waals surface area contributed by atoms with E-state index in [0.29, 0.717) is 19.6 Å². The van der Waals surface area contributed by atoms with Crippen LogP contribution in [0.25, 0.3) is 0 Å². The number of morpholine rings is 1. The zero-order chi connectivity index (χ0) is 17.3. The van der Waals surface area contributed by atoms with Crippen molar-refractivity contribution in [3.05, 3.63) is 32.6 Å². The SMILES string of the molecule is Cn1cc(C(=O)N[C@H]2C[C@H]3CO[C@@H](CCO)CN3C2)c(=O)[nH]c1=O. The second-order valence-electron chi connectivity index (χ2n) is 6.39. The van der Waals surface area contributed by atoms with Crippen molar-refractivity contribution in [3.63, 3.8) is 0 Å². The molecule has 0 aliphatic carbocycles. The van der Waals surface area contributed by atoms with Crippen molar-refractivity contribution in [2.45, 2.75) is 31.0 Å². The van der Waals surface area contributed by atoms with Gasteiger partial charge in [0.25, 0.3) is 11.5 Å². The number of nitrogens with zero attached hydrogens (tertiary/aromatic N) is 2. The van der Waals surface area contributed by atoms with Gasteiger partial charge in [0.15, 0.2) is 0 Å². The highest BCUT2D eigenvalue weighted by molar-refractivity contribution is 5.93. The van der Waals surface area contributed by atoms with Crippen molar-refractivity contribution in [3.8, 4) is 0 Å². The summed E-state index contributed by atoms with van der Waals surface area (Å²) in [4.78, 5) is 39.8. The van der Waals surface area contributed by atoms with E-state index >= 15 is 0 Å². The summed E-state index contributed by atoms with van der Waals surface area (Å²) in [7, 11) is 1.48. The van der Waals surface area contributed by atoms with Crippen molar-refractivity contribution in [2.24, 2.45) is 7.05 Å². The summed E-state index contributed by atoms with van der Waals surface area (Å²) in [6.07, 6.45) is 2.63. The molecule has 2 fully saturated rings. The van der Waals surface area contributed by atoms with Crippen LogP contribution in [0.15, 0.2) is 15.8 Å². The molecule has 9 heteroatoms. The molecule has 0 unspecified atom stereocenters. The van der Waals surface area contributed by atoms with Crippen LogP contribution in [0.4, 0.5) is 0 Å². The van der Waals surface area contributed by atoms with Crippen molar-refractivity contribution >= 4 is 5.91 Å². The predicted octanol–water partition coefficient (Wildman–Crippen LogP) is -1.97. The molecule has 0 radical (unpaired) electrons. The zero-order valence-electron chi connectivity index (χ0n) is 13.5. The molecule has 2 aliphatic rings. The number of H-pyrrole nitrogens is 1. The van der Waals surface area contributed by atoms with Gasteiger partial charge in [-0.3, -0.25) is 19.5 Å². The standard InChI is InChI=1S/C15H22N4O5/c1-18-7-12(14(22)17-15(18)23)13(21)16-9-4-10-8-24-11(2-3-20)6-19(10)5-9/h7,9-11,20H,2-6,8H2,1H3,(H,16,21)(H,17,22,23)/t9-,10-,11-/m0/s1. The third-order valence-electron chi connectivity index (χ3n) is 4.63. The number of aliphatic hydroxyl groups excluding tert-OH is 1. The van der Waals surface area contributed by atoms with E-state index in [2.05, 4.69) is 15.2 Å². The second-order valence-corrected chi connectivity index (χ2v) is 6.39. The van der Waals surface area contributed by atoms with Crippen LogP contribution >= 0.6 is 0 Å². The minimum atomic E-state index is -0.683. The van der Waals surface area contributed by atoms with E-state index in [9.17, 15) is 14.4 Å². The largest absolute Gasteiger partial charge is 0.396 e. The van der Waals surface area contributed by atoms with Crippen molar-refractivity contribution in [1.29, 1.82) is 0 Å². The first-order chi connectivity index (χ1) is 11.5. The van der Waals surface area contributed by atoms with Gasteiger partial charge in [-0.1, -0.05) is 0 Å². The number of rotatable bonds is 4. The molecule has 0 spiro atoms. The van der Waals surface area contributed by atoms with Crippen molar-refractivity contribution in [2.75, 3.05) is 26.3 Å². The first kappa shape index (κ1) is 16.9. The molecule has 9 nitrogen and oxygen atoms in total. The zero-order valence-corrected chi connectivity index (χ0v) is 13.5. The number of aromatic nitrogens is 2. The van der Waals surface area contributed by atoms with Crippen molar-refractivity contribution < 1.29 is 14.6 Å². The summed E-state index contributed by atoms with van der Waals surface area (Å²) in [5.41, 5.74) is -1.31. The van der Waals surface area contributed by atoms with Crippen LogP contribution in [0.2, 0.25) is 0 Å². The van der Waals surface area contributed by atoms with Gasteiger partial charge < -0.3 is 19.7 Å². The first-order valence-electron chi connectivity index (χ1n) is 8.05. The van der Waals surface area contributed by atoms with Crippen LogP contribution in [-0.4, -0.2) is 70.0 Å². The average molecular weight is 338 g/mol. The third-order valence-corrected chi connectivity index (χ3v) is 4.63. The molecule has 2 saturated heterocycles. The predicted molar refractivity (Wildman–Crippen MR) is 85.0 cm³/mol. The van der Waals surface area contributed by atoms with Gasteiger partial charge in [0.2, 0.25) is 0 Å². The Bertz CT molecular complexity index is 727. The molecular formula is C15H22N4O5. The van der Waals surface area contributed by atoms with Gasteiger partial charge in [0.05, 0.1) is 12.7 Å². The maximum absolute atomic E-state index is 12.3. The summed E-state index contributed by atoms with van der Waals surface area (Å²) >= 11 is 0. The number of nitrogens with one attached hydrogen (secondary N) is 2. The molecule has 3 heterocycles. The summed E-state index contributed by atoms with van der Waals surface area (Å²) < 4.78 is 6.88. The molecule has 2 aliphatic heterocycles. The number of ether oxygens (including phenoxy) is 1. The highest BCUT2D eigenvalue weighted by Gasteiger charge is 2.37. The van der Waals surface area contributed by atoms with E-state index in [0.717, 1.165) is 13.0 Å². The number of aromatic amines is 1. The minimum absolute atomic E-state index is 0.0206. The Morgan fingerprint density at radius 1 is 1.46 bits per heavy atom. The molecule has 132 valence electrons. The Balaban J connectivity index is 1.63. The van der Waals surface area contributed by atoms with Crippen LogP contribution in [0, 0.1) is 0 Å². The summed E-state index contributed by atoms with van der Waals surface area (Å²) in [5, 5.41) is 11.9. The molecule has 3 atom stereocenters. The van der Waals surface area contributed by atoms with E-state index in [4.69, 9.17) is 9.84 Å². The Labute approximate surface area is 138 Å². The molecule has 0 aromatic carbocycles. The average Bonchev–Trinajstić information content (AvgIpc) is 2.92. The molecule has 24 heavy (non-hydrogen) atoms. The normalized spacial score (nSPS) is 27.0. The first-order valence-corrected chi connectivity index (χ1v) is 8.05. The number of amides is 1. The van der Waals surface area contributed by atoms with Gasteiger partial charge in [0.1, 0.15) is 5.56 Å². The van der Waals surface area contributed by atoms with Gasteiger partial charge in [0, 0.05) is 45.0 Å². The van der Waals surface area contributed by atoms with E-state index < -0.39 is 17.2 Å². The summed E-state index contributed by atoms with van der Waals surface area (Å²) in [5.74, 6) is -0.482. The van der Waals surface area contributed by atoms with Gasteiger partial charge in [-0.15, -0.1) is 0 Å². The molecule has 3 N–H and O–H groups in total. The van der Waals surface area contributed by atoms with Crippen LogP contribution in [-0.2, 0) is 11.8 Å². The summed E-state index contributed by atoms with van der Waals surface area (Å²) in [6, 6.07) is 0.166. The van der Waals surface area contributed by atoms with E-state index in [1.807, 2.05) is 0 Å². The Hall–Kier alpha value is -1.97. The second kappa shape index (κ2) is 6.88. The highest BCUT2D eigenvalue weighted by atomic mass is 16.5. The fourth-order valence-corrected chi connectivity index (χ4v) is 3.35. The van der Waals surface area contributed by atoms with Crippen LogP contribution in [0.3, 0.4) is 0 Å². The monoisotopic (exact) mass is 338 g/mol. The lowest BCUT2D eigenvalue weighted by atomic mass is 10.1. The molecule has 0 saturated carbocycles. The quantitative estimate of drug-likeness (QED) is 0.586. The molecule has 3 rings (SSSR count). The van der Waals surface area contributed by atoms with Crippen LogP contribution in [0.1, 0.15) is 23.2 Å². The summed E-state index contributed by atoms with van der Waals surface area (Å²) in [6.45, 7) is 2.10. The number of carbonyl (C=O) groups excluding carboxylic acids is 1. The van der Waals surface area contributed by atoms with Gasteiger partial charge in [-0.2, -0.15) is 0 Å². The molecular weight excluding hydrogens is 316 g/mol. The Morgan fingerprint density at radius 3 is 3.00 bits per heavy atom. The molecule has 1 aromatic heterocycles. The van der Waals surface area contributed by atoms with Crippen molar-refractivity contribution in [1.82, 2.24) is 19.8 Å². The maximum atomic E-state index is 12.3. The number of hydrogen-bond donors (Lipinski definition) is 3. The minimum Gasteiger partial charge on any atom is -0.396 e. The molecule has 1 aromatic rings. The molecule has 0 bridgehead atoms. The smallest absolute Gasteiger partial charge is 0.328 e. The van der Waals surface area contributed by atoms with Gasteiger partial charge in [-0.25, -0.2) is 4.79 Å². The Morgan fingerprint density at radius 2 is 2.25 bits per heavy atom. The van der Waals surface area contributed by atoms with E-state index in [1.54, 1.807) is 0 Å². The third kappa shape index (κ3) is 3.42. The van der Waals surface area contributed by atoms with Crippen LogP contribution < -0.4 is 16.6 Å². The number of aliphatic hydroxyl groups is 1. The number of hydrogen-bond acceptors (Lipinski definition) is 6. The lowest BCUT2D eigenvalue weighted by molar-refractivity contribution is -0.0566. The van der Waals surface area contributed by atoms with E-state index in [-0.39, 0.29) is 30.4 Å². The maximum Gasteiger partial charge on any atom is 0.328 e. The molecule has 1 amide bonds. The van der Waals surface area contributed by atoms with Gasteiger partial charge in [-0.05, 0) is 12.8 Å².